The maximum absolute atomic E-state index is 6.29. The molecule has 1 aromatic carbocycles. The van der Waals surface area contributed by atoms with Gasteiger partial charge in [-0.25, -0.2) is 0 Å². The molecule has 7 heteroatoms. The molecule has 1 aliphatic heterocycles. The molecule has 2 heterocycles. The molecule has 2 aromatic rings. The van der Waals surface area contributed by atoms with E-state index < -0.39 is 0 Å². The zero-order valence-corrected chi connectivity index (χ0v) is 14.7. The highest BCUT2D eigenvalue weighted by Gasteiger charge is 2.16. The molecule has 0 spiro atoms. The lowest BCUT2D eigenvalue weighted by Crippen LogP contribution is -2.15. The van der Waals surface area contributed by atoms with E-state index in [9.17, 15) is 0 Å². The van der Waals surface area contributed by atoms with Crippen LogP contribution >= 0.6 is 23.4 Å². The third kappa shape index (κ3) is 4.32. The minimum Gasteiger partial charge on any atom is -0.486 e. The van der Waals surface area contributed by atoms with Crippen molar-refractivity contribution in [2.45, 2.75) is 37.3 Å². The summed E-state index contributed by atoms with van der Waals surface area (Å²) in [4.78, 5) is 5.33. The fourth-order valence-corrected chi connectivity index (χ4v) is 3.26. The van der Waals surface area contributed by atoms with Crippen molar-refractivity contribution < 1.29 is 14.0 Å². The van der Waals surface area contributed by atoms with Crippen molar-refractivity contribution in [3.05, 3.63) is 28.9 Å². The van der Waals surface area contributed by atoms with E-state index in [0.717, 1.165) is 29.3 Å². The molecule has 0 aliphatic carbocycles. The summed E-state index contributed by atoms with van der Waals surface area (Å²) in [6.07, 6.45) is 1.90. The molecule has 124 valence electrons. The summed E-state index contributed by atoms with van der Waals surface area (Å²) >= 11 is 7.84. The quantitative estimate of drug-likeness (QED) is 0.718. The number of rotatable bonds is 6. The number of aromatic nitrogens is 2. The normalized spacial score (nSPS) is 13.6. The van der Waals surface area contributed by atoms with Gasteiger partial charge in [0.1, 0.15) is 13.2 Å². The number of fused-ring (bicyclic) bond motifs is 1. The molecular weight excluding hydrogens is 336 g/mol. The molecule has 23 heavy (non-hydrogen) atoms. The first-order valence-electron chi connectivity index (χ1n) is 7.65. The molecule has 0 amide bonds. The third-order valence-electron chi connectivity index (χ3n) is 3.40. The van der Waals surface area contributed by atoms with Gasteiger partial charge in [-0.1, -0.05) is 30.6 Å². The minimum atomic E-state index is 0.553. The van der Waals surface area contributed by atoms with Gasteiger partial charge in [0.2, 0.25) is 5.89 Å². The van der Waals surface area contributed by atoms with E-state index in [1.54, 1.807) is 17.8 Å². The Hall–Kier alpha value is -1.40. The molecule has 0 fully saturated rings. The predicted octanol–water partition coefficient (Wildman–Crippen LogP) is 4.38. The summed E-state index contributed by atoms with van der Waals surface area (Å²) in [5.74, 6) is 4.00. The molecule has 0 saturated carbocycles. The summed E-state index contributed by atoms with van der Waals surface area (Å²) in [5.41, 5.74) is 0. The SMILES string of the molecule is CC(C)CCc1noc(CSc2cc3c(cc2Cl)OCCO3)n1. The van der Waals surface area contributed by atoms with Crippen LogP contribution in [0.15, 0.2) is 21.6 Å². The molecule has 1 aromatic heterocycles. The second-order valence-corrected chi connectivity index (χ2v) is 7.18. The summed E-state index contributed by atoms with van der Waals surface area (Å²) in [6, 6.07) is 3.69. The number of hydrogen-bond acceptors (Lipinski definition) is 6. The fraction of sp³-hybridized carbons (Fsp3) is 0.500. The number of halogens is 1. The van der Waals surface area contributed by atoms with Crippen molar-refractivity contribution in [1.29, 1.82) is 0 Å². The van der Waals surface area contributed by atoms with Crippen molar-refractivity contribution in [3.8, 4) is 11.5 Å². The van der Waals surface area contributed by atoms with Crippen LogP contribution in [0.25, 0.3) is 0 Å². The number of nitrogens with zero attached hydrogens (tertiary/aromatic N) is 2. The zero-order valence-electron chi connectivity index (χ0n) is 13.2. The van der Waals surface area contributed by atoms with Crippen molar-refractivity contribution in [3.63, 3.8) is 0 Å². The Morgan fingerprint density at radius 3 is 2.70 bits per heavy atom. The largest absolute Gasteiger partial charge is 0.486 e. The molecule has 0 unspecified atom stereocenters. The van der Waals surface area contributed by atoms with Gasteiger partial charge in [0, 0.05) is 17.4 Å². The number of benzene rings is 1. The van der Waals surface area contributed by atoms with Crippen molar-refractivity contribution in [2.24, 2.45) is 5.92 Å². The number of thioether (sulfide) groups is 1. The molecule has 0 saturated heterocycles. The van der Waals surface area contributed by atoms with Crippen LogP contribution in [0, 0.1) is 5.92 Å². The van der Waals surface area contributed by atoms with E-state index in [-0.39, 0.29) is 0 Å². The standard InChI is InChI=1S/C16H19ClN2O3S/c1-10(2)3-4-15-18-16(22-19-15)9-23-14-8-13-12(7-11(14)17)20-5-6-21-13/h7-8,10H,3-6,9H2,1-2H3. The van der Waals surface area contributed by atoms with Gasteiger partial charge in [-0.15, -0.1) is 11.8 Å². The Balaban J connectivity index is 1.62. The molecular formula is C16H19ClN2O3S. The first kappa shape index (κ1) is 16.5. The second kappa shape index (κ2) is 7.45. The zero-order chi connectivity index (χ0) is 16.2. The average molecular weight is 355 g/mol. The van der Waals surface area contributed by atoms with Crippen molar-refractivity contribution >= 4 is 23.4 Å². The fourth-order valence-electron chi connectivity index (χ4n) is 2.16. The lowest BCUT2D eigenvalue weighted by atomic mass is 10.1. The highest BCUT2D eigenvalue weighted by molar-refractivity contribution is 7.98. The molecule has 1 aliphatic rings. The van der Waals surface area contributed by atoms with Crippen LogP contribution in [-0.2, 0) is 12.2 Å². The Labute approximate surface area is 144 Å². The Morgan fingerprint density at radius 2 is 1.96 bits per heavy atom. The van der Waals surface area contributed by atoms with Gasteiger partial charge in [-0.2, -0.15) is 4.98 Å². The average Bonchev–Trinajstić information content (AvgIpc) is 2.99. The second-order valence-electron chi connectivity index (χ2n) is 5.75. The van der Waals surface area contributed by atoms with E-state index in [4.69, 9.17) is 25.6 Å². The van der Waals surface area contributed by atoms with Crippen LogP contribution in [0.3, 0.4) is 0 Å². The lowest BCUT2D eigenvalue weighted by Gasteiger charge is -2.19. The third-order valence-corrected chi connectivity index (χ3v) is 4.87. The Kier molecular flexibility index (Phi) is 5.33. The molecule has 3 rings (SSSR count). The van der Waals surface area contributed by atoms with Crippen LogP contribution < -0.4 is 9.47 Å². The number of ether oxygens (including phenoxy) is 2. The van der Waals surface area contributed by atoms with Crippen LogP contribution in [0.5, 0.6) is 11.5 Å². The summed E-state index contributed by atoms with van der Waals surface area (Å²) in [7, 11) is 0. The minimum absolute atomic E-state index is 0.553. The summed E-state index contributed by atoms with van der Waals surface area (Å²) in [6.45, 7) is 5.47. The van der Waals surface area contributed by atoms with Gasteiger partial charge < -0.3 is 14.0 Å². The summed E-state index contributed by atoms with van der Waals surface area (Å²) in [5, 5.41) is 4.65. The van der Waals surface area contributed by atoms with Crippen LogP contribution in [0.1, 0.15) is 32.0 Å². The molecule has 5 nitrogen and oxygen atoms in total. The van der Waals surface area contributed by atoms with E-state index in [2.05, 4.69) is 24.0 Å². The topological polar surface area (TPSA) is 57.4 Å². The molecule has 0 N–H and O–H groups in total. The van der Waals surface area contributed by atoms with Gasteiger partial charge in [-0.05, 0) is 18.4 Å². The smallest absolute Gasteiger partial charge is 0.237 e. The van der Waals surface area contributed by atoms with E-state index in [1.165, 1.54) is 0 Å². The van der Waals surface area contributed by atoms with E-state index in [0.29, 0.717) is 41.5 Å². The monoisotopic (exact) mass is 354 g/mol. The predicted molar refractivity (Wildman–Crippen MR) is 89.5 cm³/mol. The van der Waals surface area contributed by atoms with Gasteiger partial charge in [0.25, 0.3) is 0 Å². The van der Waals surface area contributed by atoms with Gasteiger partial charge in [-0.3, -0.25) is 0 Å². The first-order chi connectivity index (χ1) is 11.1. The van der Waals surface area contributed by atoms with E-state index >= 15 is 0 Å². The van der Waals surface area contributed by atoms with E-state index in [1.807, 2.05) is 6.07 Å². The summed E-state index contributed by atoms with van der Waals surface area (Å²) < 4.78 is 16.4. The van der Waals surface area contributed by atoms with Gasteiger partial charge in [0.05, 0.1) is 10.8 Å². The van der Waals surface area contributed by atoms with Crippen LogP contribution in [0.4, 0.5) is 0 Å². The Bertz CT molecular complexity index is 675. The number of hydrogen-bond donors (Lipinski definition) is 0. The number of aryl methyl sites for hydroxylation is 1. The highest BCUT2D eigenvalue weighted by Crippen LogP contribution is 2.40. The lowest BCUT2D eigenvalue weighted by molar-refractivity contribution is 0.171. The van der Waals surface area contributed by atoms with Crippen molar-refractivity contribution in [1.82, 2.24) is 10.1 Å². The maximum atomic E-state index is 6.29. The molecule has 0 atom stereocenters. The molecule has 0 bridgehead atoms. The first-order valence-corrected chi connectivity index (χ1v) is 9.01. The Morgan fingerprint density at radius 1 is 1.22 bits per heavy atom. The van der Waals surface area contributed by atoms with Gasteiger partial charge in [0.15, 0.2) is 17.3 Å². The highest BCUT2D eigenvalue weighted by atomic mass is 35.5. The van der Waals surface area contributed by atoms with Crippen molar-refractivity contribution in [2.75, 3.05) is 13.2 Å². The maximum Gasteiger partial charge on any atom is 0.237 e. The van der Waals surface area contributed by atoms with Crippen LogP contribution in [0.2, 0.25) is 5.02 Å². The van der Waals surface area contributed by atoms with Crippen LogP contribution in [-0.4, -0.2) is 23.4 Å². The van der Waals surface area contributed by atoms with Gasteiger partial charge >= 0.3 is 0 Å². The molecule has 0 radical (unpaired) electrons.